The van der Waals surface area contributed by atoms with Gasteiger partial charge >= 0.3 is 0 Å². The number of piperidine rings is 1. The van der Waals surface area contributed by atoms with Crippen molar-refractivity contribution in [2.45, 2.75) is 31.4 Å². The third-order valence-electron chi connectivity index (χ3n) is 5.62. The topological polar surface area (TPSA) is 66.5 Å². The lowest BCUT2D eigenvalue weighted by Gasteiger charge is -2.31. The van der Waals surface area contributed by atoms with Gasteiger partial charge in [-0.25, -0.2) is 17.1 Å². The van der Waals surface area contributed by atoms with Gasteiger partial charge in [0.1, 0.15) is 5.82 Å². The number of carbonyl (C=O) groups is 1. The monoisotopic (exact) mass is 478 g/mol. The van der Waals surface area contributed by atoms with E-state index in [-0.39, 0.29) is 29.9 Å². The predicted molar refractivity (Wildman–Crippen MR) is 128 cm³/mol. The van der Waals surface area contributed by atoms with Crippen LogP contribution in [-0.4, -0.2) is 49.8 Å². The molecule has 0 aromatic heterocycles. The minimum atomic E-state index is -3.37. The quantitative estimate of drug-likeness (QED) is 0.498. The Balaban J connectivity index is 1.38. The Hall–Kier alpha value is -1.90. The SMILES string of the molecule is O=C(NCCSCc1ccccc1F)C1CCCN(S(=O)(=O)CCCc2ccccc2)C1. The highest BCUT2D eigenvalue weighted by molar-refractivity contribution is 7.98. The summed E-state index contributed by atoms with van der Waals surface area (Å²) in [5.74, 6) is 0.708. The van der Waals surface area contributed by atoms with Crippen molar-refractivity contribution in [3.05, 3.63) is 71.5 Å². The largest absolute Gasteiger partial charge is 0.355 e. The fourth-order valence-electron chi connectivity index (χ4n) is 3.83. The third-order valence-corrected chi connectivity index (χ3v) is 8.55. The molecule has 2 aromatic carbocycles. The summed E-state index contributed by atoms with van der Waals surface area (Å²) in [7, 11) is -3.37. The molecule has 0 spiro atoms. The Morgan fingerprint density at radius 3 is 2.66 bits per heavy atom. The molecule has 32 heavy (non-hydrogen) atoms. The van der Waals surface area contributed by atoms with Crippen molar-refractivity contribution in [3.8, 4) is 0 Å². The van der Waals surface area contributed by atoms with Crippen LogP contribution in [0.4, 0.5) is 4.39 Å². The van der Waals surface area contributed by atoms with Gasteiger partial charge in [0.15, 0.2) is 0 Å². The number of nitrogens with zero attached hydrogens (tertiary/aromatic N) is 1. The second-order valence-electron chi connectivity index (χ2n) is 8.04. The van der Waals surface area contributed by atoms with Crippen LogP contribution in [0.15, 0.2) is 54.6 Å². The lowest BCUT2D eigenvalue weighted by Crippen LogP contribution is -2.46. The molecule has 1 aliphatic heterocycles. The van der Waals surface area contributed by atoms with Gasteiger partial charge in [-0.1, -0.05) is 48.5 Å². The first-order chi connectivity index (χ1) is 15.5. The molecule has 0 bridgehead atoms. The predicted octanol–water partition coefficient (Wildman–Crippen LogP) is 3.85. The standard InChI is InChI=1S/C24H31FN2O3S2/c25-23-13-5-4-11-22(23)19-31-16-14-26-24(28)21-12-6-15-27(18-21)32(29,30)17-7-10-20-8-2-1-3-9-20/h1-5,8-9,11,13,21H,6-7,10,12,14-19H2,(H,26,28). The molecule has 174 valence electrons. The van der Waals surface area contributed by atoms with Crippen molar-refractivity contribution in [3.63, 3.8) is 0 Å². The van der Waals surface area contributed by atoms with Crippen LogP contribution in [0.3, 0.4) is 0 Å². The Morgan fingerprint density at radius 1 is 1.12 bits per heavy atom. The Morgan fingerprint density at radius 2 is 1.88 bits per heavy atom. The van der Waals surface area contributed by atoms with Crippen LogP contribution in [0.1, 0.15) is 30.4 Å². The summed E-state index contributed by atoms with van der Waals surface area (Å²) in [4.78, 5) is 12.6. The van der Waals surface area contributed by atoms with Crippen molar-refractivity contribution >= 4 is 27.7 Å². The first-order valence-electron chi connectivity index (χ1n) is 11.1. The van der Waals surface area contributed by atoms with Crippen molar-refractivity contribution in [1.29, 1.82) is 0 Å². The second-order valence-corrected chi connectivity index (χ2v) is 11.2. The zero-order valence-corrected chi connectivity index (χ0v) is 19.8. The number of carbonyl (C=O) groups excluding carboxylic acids is 1. The zero-order chi connectivity index (χ0) is 22.8. The van der Waals surface area contributed by atoms with E-state index in [0.29, 0.717) is 49.4 Å². The van der Waals surface area contributed by atoms with E-state index in [9.17, 15) is 17.6 Å². The Labute approximate surface area is 194 Å². The molecule has 1 atom stereocenters. The maximum Gasteiger partial charge on any atom is 0.224 e. The number of aryl methyl sites for hydroxylation is 1. The van der Waals surface area contributed by atoms with E-state index in [1.165, 1.54) is 10.4 Å². The summed E-state index contributed by atoms with van der Waals surface area (Å²) in [6, 6.07) is 16.5. The lowest BCUT2D eigenvalue weighted by molar-refractivity contribution is -0.125. The van der Waals surface area contributed by atoms with E-state index in [1.54, 1.807) is 23.9 Å². The van der Waals surface area contributed by atoms with Crippen molar-refractivity contribution in [2.75, 3.05) is 31.1 Å². The molecule has 0 saturated carbocycles. The molecule has 1 aliphatic rings. The molecule has 1 amide bonds. The van der Waals surface area contributed by atoms with Crippen LogP contribution in [0.2, 0.25) is 0 Å². The maximum absolute atomic E-state index is 13.6. The number of sulfonamides is 1. The second kappa shape index (κ2) is 12.4. The number of hydrogen-bond acceptors (Lipinski definition) is 4. The zero-order valence-electron chi connectivity index (χ0n) is 18.2. The third kappa shape index (κ3) is 7.60. The van der Waals surface area contributed by atoms with Gasteiger partial charge in [-0.05, 0) is 42.9 Å². The first-order valence-corrected chi connectivity index (χ1v) is 13.8. The minimum absolute atomic E-state index is 0.0966. The van der Waals surface area contributed by atoms with Crippen LogP contribution in [-0.2, 0) is 27.0 Å². The molecule has 1 N–H and O–H groups in total. The average molecular weight is 479 g/mol. The Kier molecular flexibility index (Phi) is 9.56. The number of rotatable bonds is 11. The van der Waals surface area contributed by atoms with Gasteiger partial charge in [0.25, 0.3) is 0 Å². The van der Waals surface area contributed by atoms with E-state index in [0.717, 1.165) is 12.0 Å². The van der Waals surface area contributed by atoms with Crippen LogP contribution in [0, 0.1) is 11.7 Å². The number of halogens is 1. The normalized spacial score (nSPS) is 17.2. The first kappa shape index (κ1) is 24.7. The minimum Gasteiger partial charge on any atom is -0.355 e. The summed E-state index contributed by atoms with van der Waals surface area (Å²) in [6.45, 7) is 1.22. The van der Waals surface area contributed by atoms with E-state index >= 15 is 0 Å². The fourth-order valence-corrected chi connectivity index (χ4v) is 6.26. The Bertz CT molecular complexity index is 970. The van der Waals surface area contributed by atoms with Gasteiger partial charge < -0.3 is 5.32 Å². The summed E-state index contributed by atoms with van der Waals surface area (Å²) < 4.78 is 40.6. The molecule has 1 saturated heterocycles. The summed E-state index contributed by atoms with van der Waals surface area (Å²) >= 11 is 1.56. The summed E-state index contributed by atoms with van der Waals surface area (Å²) in [6.07, 6.45) is 2.68. The molecule has 1 unspecified atom stereocenters. The van der Waals surface area contributed by atoms with Gasteiger partial charge in [-0.3, -0.25) is 4.79 Å². The van der Waals surface area contributed by atoms with E-state index in [2.05, 4.69) is 5.32 Å². The fraction of sp³-hybridized carbons (Fsp3) is 0.458. The summed E-state index contributed by atoms with van der Waals surface area (Å²) in [5.41, 5.74) is 1.79. The van der Waals surface area contributed by atoms with Gasteiger partial charge in [0, 0.05) is 31.1 Å². The molecular weight excluding hydrogens is 447 g/mol. The highest BCUT2D eigenvalue weighted by Gasteiger charge is 2.31. The van der Waals surface area contributed by atoms with Crippen molar-refractivity contribution in [2.24, 2.45) is 5.92 Å². The molecule has 3 rings (SSSR count). The van der Waals surface area contributed by atoms with Gasteiger partial charge in [0.2, 0.25) is 15.9 Å². The molecule has 2 aromatic rings. The van der Waals surface area contributed by atoms with Gasteiger partial charge in [0.05, 0.1) is 11.7 Å². The number of thioether (sulfide) groups is 1. The maximum atomic E-state index is 13.6. The number of hydrogen-bond donors (Lipinski definition) is 1. The van der Waals surface area contributed by atoms with Crippen LogP contribution in [0.25, 0.3) is 0 Å². The van der Waals surface area contributed by atoms with Crippen LogP contribution >= 0.6 is 11.8 Å². The molecule has 1 fully saturated rings. The van der Waals surface area contributed by atoms with Crippen LogP contribution in [0.5, 0.6) is 0 Å². The smallest absolute Gasteiger partial charge is 0.224 e. The lowest BCUT2D eigenvalue weighted by atomic mass is 9.99. The van der Waals surface area contributed by atoms with Crippen LogP contribution < -0.4 is 5.32 Å². The van der Waals surface area contributed by atoms with Gasteiger partial charge in [-0.15, -0.1) is 0 Å². The molecule has 0 radical (unpaired) electrons. The average Bonchev–Trinajstić information content (AvgIpc) is 2.80. The van der Waals surface area contributed by atoms with Crippen molar-refractivity contribution < 1.29 is 17.6 Å². The molecule has 0 aliphatic carbocycles. The van der Waals surface area contributed by atoms with E-state index in [4.69, 9.17) is 0 Å². The number of benzene rings is 2. The highest BCUT2D eigenvalue weighted by Crippen LogP contribution is 2.21. The van der Waals surface area contributed by atoms with E-state index < -0.39 is 10.0 Å². The highest BCUT2D eigenvalue weighted by atomic mass is 32.2. The van der Waals surface area contributed by atoms with Crippen molar-refractivity contribution in [1.82, 2.24) is 9.62 Å². The molecule has 5 nitrogen and oxygen atoms in total. The summed E-state index contributed by atoms with van der Waals surface area (Å²) in [5, 5.41) is 2.91. The molecular formula is C24H31FN2O3S2. The molecule has 8 heteroatoms. The molecule has 1 heterocycles. The number of amides is 1. The number of nitrogens with one attached hydrogen (secondary N) is 1. The van der Waals surface area contributed by atoms with Gasteiger partial charge in [-0.2, -0.15) is 11.8 Å². The van der Waals surface area contributed by atoms with E-state index in [1.807, 2.05) is 36.4 Å².